The van der Waals surface area contributed by atoms with Crippen LogP contribution in [0.4, 0.5) is 0 Å². The van der Waals surface area contributed by atoms with Gasteiger partial charge < -0.3 is 10.1 Å². The predicted molar refractivity (Wildman–Crippen MR) is 69.4 cm³/mol. The van der Waals surface area contributed by atoms with Crippen molar-refractivity contribution in [3.8, 4) is 5.75 Å². The number of benzene rings is 1. The van der Waals surface area contributed by atoms with E-state index in [1.54, 1.807) is 19.2 Å². The van der Waals surface area contributed by atoms with Crippen molar-refractivity contribution in [1.29, 1.82) is 0 Å². The lowest BCUT2D eigenvalue weighted by molar-refractivity contribution is 0.0962. The molecule has 0 saturated heterocycles. The van der Waals surface area contributed by atoms with Crippen LogP contribution in [-0.4, -0.2) is 19.6 Å². The number of nitrogens with one attached hydrogen (secondary N) is 1. The van der Waals surface area contributed by atoms with E-state index in [0.29, 0.717) is 18.1 Å². The molecule has 1 aromatic rings. The number of hydrogen-bond donors (Lipinski definition) is 1. The Balaban J connectivity index is 2.46. The Kier molecular flexibility index (Phi) is 5.53. The lowest BCUT2D eigenvalue weighted by Gasteiger charge is -2.08. The molecule has 0 aliphatic rings. The number of hydrogen-bond acceptors (Lipinski definition) is 2. The molecule has 17 heavy (non-hydrogen) atoms. The number of carbonyl (C=O) groups is 1. The summed E-state index contributed by atoms with van der Waals surface area (Å²) >= 11 is 0. The fraction of sp³-hybridized carbons (Fsp3) is 0.500. The van der Waals surface area contributed by atoms with Crippen LogP contribution < -0.4 is 10.1 Å². The van der Waals surface area contributed by atoms with Gasteiger partial charge in [-0.1, -0.05) is 19.9 Å². The molecule has 0 spiro atoms. The molecule has 0 bridgehead atoms. The van der Waals surface area contributed by atoms with E-state index in [4.69, 9.17) is 4.74 Å². The van der Waals surface area contributed by atoms with Crippen molar-refractivity contribution in [2.75, 3.05) is 13.7 Å². The summed E-state index contributed by atoms with van der Waals surface area (Å²) < 4.78 is 5.61. The quantitative estimate of drug-likeness (QED) is 0.770. The predicted octanol–water partition coefficient (Wildman–Crippen LogP) is 2.86. The Morgan fingerprint density at radius 2 is 2.18 bits per heavy atom. The molecule has 0 saturated carbocycles. The van der Waals surface area contributed by atoms with E-state index in [0.717, 1.165) is 18.6 Å². The highest BCUT2D eigenvalue weighted by molar-refractivity contribution is 5.94. The molecule has 3 nitrogen and oxygen atoms in total. The second kappa shape index (κ2) is 6.94. The van der Waals surface area contributed by atoms with E-state index < -0.39 is 0 Å². The van der Waals surface area contributed by atoms with E-state index >= 15 is 0 Å². The fourth-order valence-corrected chi connectivity index (χ4v) is 1.55. The van der Waals surface area contributed by atoms with Gasteiger partial charge in [-0.25, -0.2) is 0 Å². The van der Waals surface area contributed by atoms with Gasteiger partial charge in [0.1, 0.15) is 5.75 Å². The van der Waals surface area contributed by atoms with Crippen LogP contribution >= 0.6 is 0 Å². The highest BCUT2D eigenvalue weighted by Gasteiger charge is 2.04. The standard InChI is InChI=1S/C14H21NO2/c1-11(2)6-5-9-17-13-8-4-7-12(10-13)14(16)15-3/h4,7-8,10-11H,5-6,9H2,1-3H3,(H,15,16). The molecule has 0 unspecified atom stereocenters. The van der Waals surface area contributed by atoms with Gasteiger partial charge in [0.2, 0.25) is 0 Å². The van der Waals surface area contributed by atoms with Crippen molar-refractivity contribution < 1.29 is 9.53 Å². The molecule has 1 aromatic carbocycles. The second-order valence-electron chi connectivity index (χ2n) is 4.49. The topological polar surface area (TPSA) is 38.3 Å². The largest absolute Gasteiger partial charge is 0.494 e. The van der Waals surface area contributed by atoms with Crippen molar-refractivity contribution in [3.05, 3.63) is 29.8 Å². The van der Waals surface area contributed by atoms with E-state index in [1.807, 2.05) is 12.1 Å². The summed E-state index contributed by atoms with van der Waals surface area (Å²) in [6.45, 7) is 5.10. The van der Waals surface area contributed by atoms with E-state index in [-0.39, 0.29) is 5.91 Å². The minimum Gasteiger partial charge on any atom is -0.494 e. The monoisotopic (exact) mass is 235 g/mol. The van der Waals surface area contributed by atoms with Crippen LogP contribution in [0.1, 0.15) is 37.0 Å². The molecule has 0 aliphatic carbocycles. The smallest absolute Gasteiger partial charge is 0.251 e. The first-order valence-corrected chi connectivity index (χ1v) is 6.08. The zero-order valence-electron chi connectivity index (χ0n) is 10.8. The molecule has 3 heteroatoms. The summed E-state index contributed by atoms with van der Waals surface area (Å²) in [6.07, 6.45) is 2.21. The first-order chi connectivity index (χ1) is 8.13. The molecule has 0 aromatic heterocycles. The Hall–Kier alpha value is -1.51. The van der Waals surface area contributed by atoms with E-state index in [9.17, 15) is 4.79 Å². The van der Waals surface area contributed by atoms with Crippen molar-refractivity contribution >= 4 is 5.91 Å². The molecular weight excluding hydrogens is 214 g/mol. The number of ether oxygens (including phenoxy) is 1. The average Bonchev–Trinajstić information content (AvgIpc) is 2.34. The van der Waals surface area contributed by atoms with E-state index in [1.165, 1.54) is 0 Å². The van der Waals surface area contributed by atoms with Crippen LogP contribution in [0.15, 0.2) is 24.3 Å². The van der Waals surface area contributed by atoms with Crippen LogP contribution in [0.2, 0.25) is 0 Å². The second-order valence-corrected chi connectivity index (χ2v) is 4.49. The van der Waals surface area contributed by atoms with E-state index in [2.05, 4.69) is 19.2 Å². The maximum Gasteiger partial charge on any atom is 0.251 e. The van der Waals surface area contributed by atoms with Crippen molar-refractivity contribution in [2.45, 2.75) is 26.7 Å². The van der Waals surface area contributed by atoms with Crippen LogP contribution in [-0.2, 0) is 0 Å². The third kappa shape index (κ3) is 4.89. The van der Waals surface area contributed by atoms with Gasteiger partial charge in [-0.3, -0.25) is 4.79 Å². The molecule has 1 amide bonds. The van der Waals surface area contributed by atoms with Crippen LogP contribution in [0.25, 0.3) is 0 Å². The molecule has 0 atom stereocenters. The van der Waals surface area contributed by atoms with Crippen LogP contribution in [0.5, 0.6) is 5.75 Å². The lowest BCUT2D eigenvalue weighted by Crippen LogP contribution is -2.17. The lowest BCUT2D eigenvalue weighted by atomic mass is 10.1. The van der Waals surface area contributed by atoms with Gasteiger partial charge in [0.15, 0.2) is 0 Å². The van der Waals surface area contributed by atoms with Crippen molar-refractivity contribution in [3.63, 3.8) is 0 Å². The van der Waals surface area contributed by atoms with Crippen molar-refractivity contribution in [1.82, 2.24) is 5.32 Å². The zero-order chi connectivity index (χ0) is 12.7. The average molecular weight is 235 g/mol. The zero-order valence-corrected chi connectivity index (χ0v) is 10.8. The third-order valence-corrected chi connectivity index (χ3v) is 2.52. The number of rotatable bonds is 6. The maximum absolute atomic E-state index is 11.4. The number of carbonyl (C=O) groups excluding carboxylic acids is 1. The molecule has 0 radical (unpaired) electrons. The summed E-state index contributed by atoms with van der Waals surface area (Å²) in [4.78, 5) is 11.4. The van der Waals surface area contributed by atoms with Crippen LogP contribution in [0.3, 0.4) is 0 Å². The highest BCUT2D eigenvalue weighted by Crippen LogP contribution is 2.14. The summed E-state index contributed by atoms with van der Waals surface area (Å²) in [6, 6.07) is 7.26. The molecule has 1 N–H and O–H groups in total. The van der Waals surface area contributed by atoms with Crippen LogP contribution in [0, 0.1) is 5.92 Å². The normalized spacial score (nSPS) is 10.4. The molecule has 1 rings (SSSR count). The Morgan fingerprint density at radius 3 is 2.82 bits per heavy atom. The summed E-state index contributed by atoms with van der Waals surface area (Å²) in [5, 5.41) is 2.60. The van der Waals surface area contributed by atoms with Gasteiger partial charge in [-0.05, 0) is 37.0 Å². The highest BCUT2D eigenvalue weighted by atomic mass is 16.5. The summed E-state index contributed by atoms with van der Waals surface area (Å²) in [5.41, 5.74) is 0.633. The molecule has 0 aliphatic heterocycles. The summed E-state index contributed by atoms with van der Waals surface area (Å²) in [7, 11) is 1.62. The van der Waals surface area contributed by atoms with Gasteiger partial charge in [0.05, 0.1) is 6.61 Å². The van der Waals surface area contributed by atoms with Gasteiger partial charge in [0, 0.05) is 12.6 Å². The SMILES string of the molecule is CNC(=O)c1cccc(OCCCC(C)C)c1. The maximum atomic E-state index is 11.4. The minimum absolute atomic E-state index is 0.0855. The first-order valence-electron chi connectivity index (χ1n) is 6.08. The fourth-order valence-electron chi connectivity index (χ4n) is 1.55. The number of amides is 1. The van der Waals surface area contributed by atoms with Gasteiger partial charge in [-0.2, -0.15) is 0 Å². The Morgan fingerprint density at radius 1 is 1.41 bits per heavy atom. The van der Waals surface area contributed by atoms with Gasteiger partial charge in [-0.15, -0.1) is 0 Å². The van der Waals surface area contributed by atoms with Gasteiger partial charge in [0.25, 0.3) is 5.91 Å². The third-order valence-electron chi connectivity index (χ3n) is 2.52. The minimum atomic E-state index is -0.0855. The first kappa shape index (κ1) is 13.6. The van der Waals surface area contributed by atoms with Crippen molar-refractivity contribution in [2.24, 2.45) is 5.92 Å². The molecule has 94 valence electrons. The summed E-state index contributed by atoms with van der Waals surface area (Å²) in [5.74, 6) is 1.38. The molecule has 0 heterocycles. The molecular formula is C14H21NO2. The Labute approximate surface area is 103 Å². The molecule has 0 fully saturated rings. The van der Waals surface area contributed by atoms with Gasteiger partial charge >= 0.3 is 0 Å². The Bertz CT molecular complexity index is 361.